The van der Waals surface area contributed by atoms with Crippen LogP contribution < -0.4 is 10.6 Å². The highest BCUT2D eigenvalue weighted by Gasteiger charge is 2.21. The highest BCUT2D eigenvalue weighted by Crippen LogP contribution is 2.24. The van der Waals surface area contributed by atoms with E-state index in [-0.39, 0.29) is 11.7 Å². The number of amides is 2. The predicted molar refractivity (Wildman–Crippen MR) is 105 cm³/mol. The zero-order valence-electron chi connectivity index (χ0n) is 15.1. The molecule has 8 heteroatoms. The summed E-state index contributed by atoms with van der Waals surface area (Å²) in [4.78, 5) is 35.5. The predicted octanol–water partition coefficient (Wildman–Crippen LogP) is 4.23. The Hall–Kier alpha value is -3.32. The van der Waals surface area contributed by atoms with E-state index in [0.717, 1.165) is 0 Å². The van der Waals surface area contributed by atoms with Crippen LogP contribution in [0.15, 0.2) is 52.9 Å². The van der Waals surface area contributed by atoms with Crippen molar-refractivity contribution < 1.29 is 23.5 Å². The first-order chi connectivity index (χ1) is 13.3. The summed E-state index contributed by atoms with van der Waals surface area (Å²) in [7, 11) is 0. The first kappa shape index (κ1) is 19.4. The van der Waals surface area contributed by atoms with Crippen molar-refractivity contribution in [2.45, 2.75) is 20.0 Å². The van der Waals surface area contributed by atoms with E-state index in [0.29, 0.717) is 27.4 Å². The Labute approximate surface area is 165 Å². The van der Waals surface area contributed by atoms with Crippen molar-refractivity contribution in [2.24, 2.45) is 0 Å². The van der Waals surface area contributed by atoms with E-state index in [4.69, 9.17) is 20.8 Å². The van der Waals surface area contributed by atoms with Crippen LogP contribution >= 0.6 is 11.6 Å². The van der Waals surface area contributed by atoms with Crippen LogP contribution in [0.3, 0.4) is 0 Å². The van der Waals surface area contributed by atoms with Gasteiger partial charge in [0.05, 0.1) is 0 Å². The molecule has 7 nitrogen and oxygen atoms in total. The zero-order chi connectivity index (χ0) is 20.3. The minimum absolute atomic E-state index is 0.0171. The van der Waals surface area contributed by atoms with Gasteiger partial charge in [-0.05, 0) is 55.5 Å². The van der Waals surface area contributed by atoms with Gasteiger partial charge in [0.25, 0.3) is 5.91 Å². The summed E-state index contributed by atoms with van der Waals surface area (Å²) >= 11 is 5.91. The van der Waals surface area contributed by atoms with Crippen LogP contribution in [0.5, 0.6) is 0 Å². The first-order valence-corrected chi connectivity index (χ1v) is 8.78. The number of carbonyl (C=O) groups is 3. The van der Waals surface area contributed by atoms with Crippen LogP contribution in [-0.4, -0.2) is 23.9 Å². The molecule has 2 amide bonds. The first-order valence-electron chi connectivity index (χ1n) is 8.40. The summed E-state index contributed by atoms with van der Waals surface area (Å²) in [5.74, 6) is -1.46. The van der Waals surface area contributed by atoms with E-state index < -0.39 is 18.0 Å². The van der Waals surface area contributed by atoms with Gasteiger partial charge in [0, 0.05) is 28.7 Å². The fourth-order valence-electron chi connectivity index (χ4n) is 2.47. The third-order valence-corrected chi connectivity index (χ3v) is 4.04. The highest BCUT2D eigenvalue weighted by molar-refractivity contribution is 6.31. The summed E-state index contributed by atoms with van der Waals surface area (Å²) < 4.78 is 10.6. The number of hydrogen-bond acceptors (Lipinski definition) is 5. The van der Waals surface area contributed by atoms with Gasteiger partial charge in [-0.25, -0.2) is 4.79 Å². The molecule has 0 fully saturated rings. The minimum Gasteiger partial charge on any atom is -0.449 e. The molecule has 144 valence electrons. The molecule has 0 saturated heterocycles. The Kier molecular flexibility index (Phi) is 5.65. The lowest BCUT2D eigenvalue weighted by Gasteiger charge is -2.13. The molecule has 1 aromatic heterocycles. The summed E-state index contributed by atoms with van der Waals surface area (Å²) in [6.07, 6.45) is -1.04. The fraction of sp³-hybridized carbons (Fsp3) is 0.150. The molecular weight excluding hydrogens is 384 g/mol. The lowest BCUT2D eigenvalue weighted by molar-refractivity contribution is -0.123. The lowest BCUT2D eigenvalue weighted by Crippen LogP contribution is -2.29. The average Bonchev–Trinajstić information content (AvgIpc) is 3.06. The van der Waals surface area contributed by atoms with Gasteiger partial charge in [-0.2, -0.15) is 0 Å². The molecule has 0 bridgehead atoms. The van der Waals surface area contributed by atoms with Gasteiger partial charge in [-0.15, -0.1) is 0 Å². The number of carbonyl (C=O) groups excluding carboxylic acids is 3. The van der Waals surface area contributed by atoms with E-state index in [1.165, 1.54) is 19.9 Å². The molecule has 0 aliphatic carbocycles. The number of fused-ring (bicyclic) bond motifs is 1. The molecule has 28 heavy (non-hydrogen) atoms. The third-order valence-electron chi connectivity index (χ3n) is 3.81. The standard InChI is InChI=1S/C20H17ClN2O5/c1-11(19(25)23-16-6-4-15(5-7-16)22-12(2)24)27-20(26)18-10-13-9-14(21)3-8-17(13)28-18/h3-11H,1-2H3,(H,22,24)(H,23,25)/t11-/m0/s1. The van der Waals surface area contributed by atoms with Gasteiger partial charge in [0.1, 0.15) is 5.58 Å². The molecule has 3 rings (SSSR count). The summed E-state index contributed by atoms with van der Waals surface area (Å²) in [6.45, 7) is 2.86. The van der Waals surface area contributed by atoms with Crippen LogP contribution in [0.2, 0.25) is 5.02 Å². The molecule has 0 saturated carbocycles. The molecule has 0 radical (unpaired) electrons. The van der Waals surface area contributed by atoms with Crippen LogP contribution in [0.4, 0.5) is 11.4 Å². The molecule has 3 aromatic rings. The Bertz CT molecular complexity index is 1040. The second-order valence-electron chi connectivity index (χ2n) is 6.09. The van der Waals surface area contributed by atoms with Crippen molar-refractivity contribution in [1.82, 2.24) is 0 Å². The number of ether oxygens (including phenoxy) is 1. The number of anilines is 2. The highest BCUT2D eigenvalue weighted by atomic mass is 35.5. The molecule has 0 aliphatic rings. The molecule has 1 atom stereocenters. The fourth-order valence-corrected chi connectivity index (χ4v) is 2.65. The van der Waals surface area contributed by atoms with E-state index in [9.17, 15) is 14.4 Å². The quantitative estimate of drug-likeness (QED) is 0.624. The second-order valence-corrected chi connectivity index (χ2v) is 6.52. The topological polar surface area (TPSA) is 97.6 Å². The van der Waals surface area contributed by atoms with Gasteiger partial charge in [-0.3, -0.25) is 9.59 Å². The van der Waals surface area contributed by atoms with E-state index in [2.05, 4.69) is 10.6 Å². The van der Waals surface area contributed by atoms with Crippen molar-refractivity contribution >= 4 is 51.7 Å². The van der Waals surface area contributed by atoms with Crippen molar-refractivity contribution in [3.05, 3.63) is 59.3 Å². The Balaban J connectivity index is 1.61. The Morgan fingerprint density at radius 2 is 1.64 bits per heavy atom. The molecule has 0 spiro atoms. The van der Waals surface area contributed by atoms with Gasteiger partial charge >= 0.3 is 5.97 Å². The SMILES string of the molecule is CC(=O)Nc1ccc(NC(=O)[C@H](C)OC(=O)c2cc3cc(Cl)ccc3o2)cc1. The smallest absolute Gasteiger partial charge is 0.375 e. The number of benzene rings is 2. The Morgan fingerprint density at radius 1 is 1.00 bits per heavy atom. The lowest BCUT2D eigenvalue weighted by atomic mass is 10.2. The van der Waals surface area contributed by atoms with Crippen molar-refractivity contribution in [2.75, 3.05) is 10.6 Å². The molecule has 2 aromatic carbocycles. The normalized spacial score (nSPS) is 11.7. The monoisotopic (exact) mass is 400 g/mol. The van der Waals surface area contributed by atoms with Gasteiger partial charge in [0.15, 0.2) is 6.10 Å². The van der Waals surface area contributed by atoms with Gasteiger partial charge in [0.2, 0.25) is 11.7 Å². The van der Waals surface area contributed by atoms with E-state index >= 15 is 0 Å². The molecule has 1 heterocycles. The molecule has 0 unspecified atom stereocenters. The van der Waals surface area contributed by atoms with Gasteiger partial charge < -0.3 is 19.8 Å². The maximum Gasteiger partial charge on any atom is 0.375 e. The Morgan fingerprint density at radius 3 is 2.29 bits per heavy atom. The number of nitrogens with one attached hydrogen (secondary N) is 2. The van der Waals surface area contributed by atoms with Crippen LogP contribution in [-0.2, 0) is 14.3 Å². The number of halogens is 1. The summed E-state index contributed by atoms with van der Waals surface area (Å²) in [6, 6.07) is 13.0. The van der Waals surface area contributed by atoms with Crippen LogP contribution in [0, 0.1) is 0 Å². The summed E-state index contributed by atoms with van der Waals surface area (Å²) in [5.41, 5.74) is 1.60. The maximum absolute atomic E-state index is 12.3. The third kappa shape index (κ3) is 4.69. The van der Waals surface area contributed by atoms with Crippen molar-refractivity contribution in [3.63, 3.8) is 0 Å². The zero-order valence-corrected chi connectivity index (χ0v) is 15.9. The minimum atomic E-state index is -1.04. The largest absolute Gasteiger partial charge is 0.449 e. The molecular formula is C20H17ClN2O5. The number of esters is 1. The van der Waals surface area contributed by atoms with E-state index in [1.54, 1.807) is 42.5 Å². The number of hydrogen-bond donors (Lipinski definition) is 2. The number of rotatable bonds is 5. The van der Waals surface area contributed by atoms with Crippen molar-refractivity contribution in [1.29, 1.82) is 0 Å². The summed E-state index contributed by atoms with van der Waals surface area (Å²) in [5, 5.41) is 6.45. The molecule has 2 N–H and O–H groups in total. The molecule has 0 aliphatic heterocycles. The van der Waals surface area contributed by atoms with Crippen LogP contribution in [0.25, 0.3) is 11.0 Å². The van der Waals surface area contributed by atoms with Crippen molar-refractivity contribution in [3.8, 4) is 0 Å². The second kappa shape index (κ2) is 8.14. The van der Waals surface area contributed by atoms with Crippen LogP contribution in [0.1, 0.15) is 24.4 Å². The van der Waals surface area contributed by atoms with Gasteiger partial charge in [-0.1, -0.05) is 11.6 Å². The average molecular weight is 401 g/mol. The maximum atomic E-state index is 12.3. The van der Waals surface area contributed by atoms with E-state index in [1.807, 2.05) is 0 Å². The number of furan rings is 1.